The van der Waals surface area contributed by atoms with Crippen LogP contribution in [0.4, 0.5) is 0 Å². The highest BCUT2D eigenvalue weighted by Crippen LogP contribution is 2.28. The van der Waals surface area contributed by atoms with Crippen LogP contribution in [0.3, 0.4) is 0 Å². The lowest BCUT2D eigenvalue weighted by molar-refractivity contribution is -0.126. The molecule has 1 aromatic carbocycles. The first-order valence-corrected chi connectivity index (χ1v) is 8.55. The van der Waals surface area contributed by atoms with Crippen molar-refractivity contribution in [3.8, 4) is 0 Å². The Labute approximate surface area is 138 Å². The molecular weight excluding hydrogens is 298 g/mol. The van der Waals surface area contributed by atoms with Crippen LogP contribution in [0.2, 0.25) is 5.02 Å². The SMILES string of the molecule is CC(C)CCC(NC(=O)COCC1CC1)c1ccc(Cl)cc1. The van der Waals surface area contributed by atoms with Crippen LogP contribution in [-0.4, -0.2) is 19.1 Å². The number of hydrogen-bond donors (Lipinski definition) is 1. The third kappa shape index (κ3) is 6.37. The Morgan fingerprint density at radius 3 is 2.55 bits per heavy atom. The fourth-order valence-corrected chi connectivity index (χ4v) is 2.48. The monoisotopic (exact) mass is 323 g/mol. The largest absolute Gasteiger partial charge is 0.371 e. The number of carbonyl (C=O) groups is 1. The highest BCUT2D eigenvalue weighted by Gasteiger charge is 2.22. The lowest BCUT2D eigenvalue weighted by Gasteiger charge is -2.20. The molecule has 0 saturated heterocycles. The van der Waals surface area contributed by atoms with Gasteiger partial charge in [0.15, 0.2) is 0 Å². The van der Waals surface area contributed by atoms with E-state index in [9.17, 15) is 4.79 Å². The van der Waals surface area contributed by atoms with E-state index in [1.807, 2.05) is 24.3 Å². The van der Waals surface area contributed by atoms with Crippen LogP contribution in [0.1, 0.15) is 51.1 Å². The van der Waals surface area contributed by atoms with E-state index in [-0.39, 0.29) is 18.6 Å². The van der Waals surface area contributed by atoms with Crippen molar-refractivity contribution in [2.45, 2.75) is 45.6 Å². The zero-order valence-corrected chi connectivity index (χ0v) is 14.2. The van der Waals surface area contributed by atoms with Crippen LogP contribution in [-0.2, 0) is 9.53 Å². The van der Waals surface area contributed by atoms with E-state index < -0.39 is 0 Å². The fourth-order valence-electron chi connectivity index (χ4n) is 2.36. The first kappa shape index (κ1) is 17.3. The molecule has 1 N–H and O–H groups in total. The molecule has 22 heavy (non-hydrogen) atoms. The van der Waals surface area contributed by atoms with Gasteiger partial charge < -0.3 is 10.1 Å². The van der Waals surface area contributed by atoms with E-state index in [1.54, 1.807) is 0 Å². The molecule has 1 atom stereocenters. The summed E-state index contributed by atoms with van der Waals surface area (Å²) < 4.78 is 5.47. The maximum Gasteiger partial charge on any atom is 0.246 e. The topological polar surface area (TPSA) is 38.3 Å². The van der Waals surface area contributed by atoms with Crippen molar-refractivity contribution in [3.05, 3.63) is 34.9 Å². The summed E-state index contributed by atoms with van der Waals surface area (Å²) in [6, 6.07) is 7.73. The lowest BCUT2D eigenvalue weighted by Crippen LogP contribution is -2.32. The Bertz CT molecular complexity index is 468. The van der Waals surface area contributed by atoms with Crippen LogP contribution < -0.4 is 5.32 Å². The van der Waals surface area contributed by atoms with E-state index in [1.165, 1.54) is 12.8 Å². The molecule has 2 rings (SSSR count). The Morgan fingerprint density at radius 1 is 1.27 bits per heavy atom. The van der Waals surface area contributed by atoms with Gasteiger partial charge in [-0.1, -0.05) is 37.6 Å². The zero-order valence-electron chi connectivity index (χ0n) is 13.5. The molecule has 3 nitrogen and oxygen atoms in total. The number of ether oxygens (including phenoxy) is 1. The van der Waals surface area contributed by atoms with Gasteiger partial charge in [0.25, 0.3) is 0 Å². The van der Waals surface area contributed by atoms with Crippen molar-refractivity contribution in [3.63, 3.8) is 0 Å². The van der Waals surface area contributed by atoms with Gasteiger partial charge in [-0.05, 0) is 55.2 Å². The van der Waals surface area contributed by atoms with Crippen LogP contribution in [0.15, 0.2) is 24.3 Å². The Balaban J connectivity index is 1.87. The molecule has 1 aliphatic carbocycles. The molecule has 1 unspecified atom stereocenters. The highest BCUT2D eigenvalue weighted by molar-refractivity contribution is 6.30. The van der Waals surface area contributed by atoms with Gasteiger partial charge in [-0.25, -0.2) is 0 Å². The summed E-state index contributed by atoms with van der Waals surface area (Å²) in [6.07, 6.45) is 4.47. The van der Waals surface area contributed by atoms with Gasteiger partial charge >= 0.3 is 0 Å². The third-order valence-corrected chi connectivity index (χ3v) is 4.18. The summed E-state index contributed by atoms with van der Waals surface area (Å²) in [5, 5.41) is 3.81. The number of benzene rings is 1. The van der Waals surface area contributed by atoms with Crippen LogP contribution in [0.5, 0.6) is 0 Å². The molecule has 1 aliphatic rings. The second-order valence-electron chi connectivity index (χ2n) is 6.60. The molecule has 1 fully saturated rings. The van der Waals surface area contributed by atoms with Gasteiger partial charge in [-0.3, -0.25) is 4.79 Å². The average Bonchev–Trinajstić information content (AvgIpc) is 3.28. The predicted octanol–water partition coefficient (Wildman–Crippen LogP) is 4.36. The highest BCUT2D eigenvalue weighted by atomic mass is 35.5. The summed E-state index contributed by atoms with van der Waals surface area (Å²) in [6.45, 7) is 5.26. The zero-order chi connectivity index (χ0) is 15.9. The molecule has 0 aromatic heterocycles. The average molecular weight is 324 g/mol. The maximum atomic E-state index is 12.1. The van der Waals surface area contributed by atoms with E-state index in [4.69, 9.17) is 16.3 Å². The van der Waals surface area contributed by atoms with Crippen molar-refractivity contribution in [2.24, 2.45) is 11.8 Å². The molecule has 0 radical (unpaired) electrons. The predicted molar refractivity (Wildman–Crippen MR) is 90.0 cm³/mol. The molecule has 122 valence electrons. The van der Waals surface area contributed by atoms with Gasteiger partial charge in [0.1, 0.15) is 6.61 Å². The molecule has 0 heterocycles. The molecule has 1 saturated carbocycles. The lowest BCUT2D eigenvalue weighted by atomic mass is 9.97. The second-order valence-corrected chi connectivity index (χ2v) is 7.04. The van der Waals surface area contributed by atoms with E-state index in [0.29, 0.717) is 23.5 Å². The summed E-state index contributed by atoms with van der Waals surface area (Å²) in [4.78, 5) is 12.1. The van der Waals surface area contributed by atoms with Gasteiger partial charge in [0, 0.05) is 5.02 Å². The minimum absolute atomic E-state index is 0.0247. The summed E-state index contributed by atoms with van der Waals surface area (Å²) in [5.41, 5.74) is 1.10. The number of hydrogen-bond acceptors (Lipinski definition) is 2. The number of carbonyl (C=O) groups excluding carboxylic acids is 1. The number of halogens is 1. The van der Waals surface area contributed by atoms with Gasteiger partial charge in [0.2, 0.25) is 5.91 Å². The summed E-state index contributed by atoms with van der Waals surface area (Å²) in [7, 11) is 0. The number of nitrogens with one attached hydrogen (secondary N) is 1. The van der Waals surface area contributed by atoms with E-state index >= 15 is 0 Å². The van der Waals surface area contributed by atoms with E-state index in [2.05, 4.69) is 19.2 Å². The van der Waals surface area contributed by atoms with Crippen molar-refractivity contribution >= 4 is 17.5 Å². The summed E-state index contributed by atoms with van der Waals surface area (Å²) in [5.74, 6) is 1.25. The number of rotatable bonds is 9. The quantitative estimate of drug-likeness (QED) is 0.733. The van der Waals surface area contributed by atoms with Gasteiger partial charge in [0.05, 0.1) is 12.6 Å². The number of amides is 1. The Kier molecular flexibility index (Phi) is 6.71. The maximum absolute atomic E-state index is 12.1. The molecule has 1 amide bonds. The molecule has 1 aromatic rings. The smallest absolute Gasteiger partial charge is 0.246 e. The van der Waals surface area contributed by atoms with Gasteiger partial charge in [-0.15, -0.1) is 0 Å². The van der Waals surface area contributed by atoms with Crippen molar-refractivity contribution < 1.29 is 9.53 Å². The van der Waals surface area contributed by atoms with Crippen molar-refractivity contribution in [2.75, 3.05) is 13.2 Å². The molecule has 0 aliphatic heterocycles. The van der Waals surface area contributed by atoms with Crippen LogP contribution >= 0.6 is 11.6 Å². The van der Waals surface area contributed by atoms with Crippen molar-refractivity contribution in [1.82, 2.24) is 5.32 Å². The minimum Gasteiger partial charge on any atom is -0.371 e. The normalized spacial score (nSPS) is 15.8. The third-order valence-electron chi connectivity index (χ3n) is 3.92. The second kappa shape index (κ2) is 8.54. The van der Waals surface area contributed by atoms with Gasteiger partial charge in [-0.2, -0.15) is 0 Å². The molecular formula is C18H26ClNO2. The van der Waals surface area contributed by atoms with Crippen LogP contribution in [0, 0.1) is 11.8 Å². The molecule has 0 bridgehead atoms. The molecule has 0 spiro atoms. The Hall–Kier alpha value is -1.06. The minimum atomic E-state index is -0.0376. The first-order chi connectivity index (χ1) is 10.5. The van der Waals surface area contributed by atoms with Crippen molar-refractivity contribution in [1.29, 1.82) is 0 Å². The van der Waals surface area contributed by atoms with E-state index in [0.717, 1.165) is 18.4 Å². The fraction of sp³-hybridized carbons (Fsp3) is 0.611. The standard InChI is InChI=1S/C18H26ClNO2/c1-13(2)3-10-17(15-6-8-16(19)9-7-15)20-18(21)12-22-11-14-4-5-14/h6-9,13-14,17H,3-5,10-12H2,1-2H3,(H,20,21). The Morgan fingerprint density at radius 2 is 1.95 bits per heavy atom. The molecule has 4 heteroatoms. The van der Waals surface area contributed by atoms with Crippen LogP contribution in [0.25, 0.3) is 0 Å². The first-order valence-electron chi connectivity index (χ1n) is 8.17. The summed E-state index contributed by atoms with van der Waals surface area (Å²) >= 11 is 5.95.